The highest BCUT2D eigenvalue weighted by molar-refractivity contribution is 5.71. The Morgan fingerprint density at radius 2 is 0.635 bits per heavy atom. The molecule has 1 atom stereocenters. The second-order valence-electron chi connectivity index (χ2n) is 17.5. The molecule has 0 aliphatic heterocycles. The molecule has 0 saturated carbocycles. The van der Waals surface area contributed by atoms with Gasteiger partial charge in [-0.05, 0) is 57.8 Å². The molecule has 0 spiro atoms. The van der Waals surface area contributed by atoms with Crippen molar-refractivity contribution in [3.8, 4) is 0 Å². The summed E-state index contributed by atoms with van der Waals surface area (Å²) in [6.07, 6.45) is 64.6. The van der Waals surface area contributed by atoms with Crippen LogP contribution in [0.25, 0.3) is 0 Å². The summed E-state index contributed by atoms with van der Waals surface area (Å²) in [5.74, 6) is -0.941. The maximum Gasteiger partial charge on any atom is 0.306 e. The molecule has 1 unspecified atom stereocenters. The van der Waals surface area contributed by atoms with Crippen LogP contribution in [0.3, 0.4) is 0 Å². The lowest BCUT2D eigenvalue weighted by Crippen LogP contribution is -2.30. The summed E-state index contributed by atoms with van der Waals surface area (Å²) in [6, 6.07) is 0. The molecule has 0 aromatic rings. The van der Waals surface area contributed by atoms with E-state index in [1.165, 1.54) is 116 Å². The molecule has 0 radical (unpaired) electrons. The van der Waals surface area contributed by atoms with Crippen LogP contribution in [-0.4, -0.2) is 37.2 Å². The molecule has 362 valence electrons. The fourth-order valence-corrected chi connectivity index (χ4v) is 7.31. The van der Waals surface area contributed by atoms with Crippen LogP contribution in [0.15, 0.2) is 72.9 Å². The number of carbonyl (C=O) groups excluding carboxylic acids is 3. The molecule has 0 amide bonds. The summed E-state index contributed by atoms with van der Waals surface area (Å²) in [4.78, 5) is 38.0. The number of hydrogen-bond donors (Lipinski definition) is 0. The van der Waals surface area contributed by atoms with Crippen LogP contribution in [0.5, 0.6) is 0 Å². The number of hydrogen-bond acceptors (Lipinski definition) is 6. The summed E-state index contributed by atoms with van der Waals surface area (Å²) in [5.41, 5.74) is 0. The van der Waals surface area contributed by atoms with E-state index in [9.17, 15) is 14.4 Å². The molecule has 63 heavy (non-hydrogen) atoms. The number of unbranched alkanes of at least 4 members (excludes halogenated alkanes) is 28. The van der Waals surface area contributed by atoms with Gasteiger partial charge in [-0.2, -0.15) is 0 Å². The Morgan fingerprint density at radius 3 is 1.05 bits per heavy atom. The van der Waals surface area contributed by atoms with Crippen molar-refractivity contribution in [1.82, 2.24) is 0 Å². The van der Waals surface area contributed by atoms with E-state index in [2.05, 4.69) is 75.5 Å². The highest BCUT2D eigenvalue weighted by Crippen LogP contribution is 2.16. The summed E-state index contributed by atoms with van der Waals surface area (Å²) < 4.78 is 16.8. The van der Waals surface area contributed by atoms with Gasteiger partial charge in [0.2, 0.25) is 0 Å². The first-order valence-corrected chi connectivity index (χ1v) is 26.5. The van der Waals surface area contributed by atoms with Gasteiger partial charge in [0.05, 0.1) is 0 Å². The summed E-state index contributed by atoms with van der Waals surface area (Å²) in [5, 5.41) is 0. The first-order valence-electron chi connectivity index (χ1n) is 26.5. The van der Waals surface area contributed by atoms with Crippen LogP contribution < -0.4 is 0 Å². The fraction of sp³-hybridized carbons (Fsp3) is 0.737. The van der Waals surface area contributed by atoms with Gasteiger partial charge >= 0.3 is 17.9 Å². The molecule has 0 rings (SSSR count). The van der Waals surface area contributed by atoms with Crippen LogP contribution in [-0.2, 0) is 28.6 Å². The van der Waals surface area contributed by atoms with Crippen LogP contribution in [0.1, 0.15) is 252 Å². The average Bonchev–Trinajstić information content (AvgIpc) is 3.28. The minimum absolute atomic E-state index is 0.0922. The first kappa shape index (κ1) is 59.9. The zero-order chi connectivity index (χ0) is 45.8. The number of esters is 3. The molecular formula is C57H98O6. The third kappa shape index (κ3) is 49.7. The van der Waals surface area contributed by atoms with Crippen LogP contribution in [0, 0.1) is 0 Å². The largest absolute Gasteiger partial charge is 0.462 e. The van der Waals surface area contributed by atoms with Crippen LogP contribution in [0.2, 0.25) is 0 Å². The quantitative estimate of drug-likeness (QED) is 0.0262. The molecule has 0 N–H and O–H groups in total. The number of ether oxygens (including phenoxy) is 3. The van der Waals surface area contributed by atoms with Crippen molar-refractivity contribution in [2.24, 2.45) is 0 Å². The van der Waals surface area contributed by atoms with Gasteiger partial charge in [-0.15, -0.1) is 0 Å². The molecule has 0 aliphatic rings. The topological polar surface area (TPSA) is 78.9 Å². The van der Waals surface area contributed by atoms with E-state index in [4.69, 9.17) is 14.2 Å². The van der Waals surface area contributed by atoms with Crippen LogP contribution >= 0.6 is 0 Å². The van der Waals surface area contributed by atoms with E-state index in [0.29, 0.717) is 19.3 Å². The Balaban J connectivity index is 4.37. The summed E-state index contributed by atoms with van der Waals surface area (Å²) in [7, 11) is 0. The Bertz CT molecular complexity index is 1190. The van der Waals surface area contributed by atoms with E-state index in [1.807, 2.05) is 18.2 Å². The fourth-order valence-electron chi connectivity index (χ4n) is 7.31. The molecule has 0 heterocycles. The maximum absolute atomic E-state index is 12.8. The molecule has 0 aromatic carbocycles. The molecule has 0 aliphatic carbocycles. The SMILES string of the molecule is CC\C=C/C=C\C=C/C=C\CCCCCCCC(=O)OC(COC(=O)CCCCC/C=C\C=C/CCCC)COC(=O)CCCCCCCCCCCCCCCCCCCCC. The van der Waals surface area contributed by atoms with Gasteiger partial charge in [0.15, 0.2) is 6.10 Å². The predicted octanol–water partition coefficient (Wildman–Crippen LogP) is 17.4. The highest BCUT2D eigenvalue weighted by Gasteiger charge is 2.19. The lowest BCUT2D eigenvalue weighted by molar-refractivity contribution is -0.167. The average molecular weight is 879 g/mol. The van der Waals surface area contributed by atoms with Gasteiger partial charge in [-0.25, -0.2) is 0 Å². The standard InChI is InChI=1S/C57H98O6/c1-4-7-10-13-16-19-22-24-26-27-28-29-31-32-35-38-41-44-47-50-56(59)62-53-54(52-61-55(58)49-46-43-40-37-34-21-18-15-12-9-6-3)63-57(60)51-48-45-42-39-36-33-30-25-23-20-17-14-11-8-5-2/h8,11,14-15,17-18,20-21,23,25,30,34,54H,4-7,9-10,12-13,16,19,22,24,26-29,31-33,35-53H2,1-3H3/b11-8-,17-14-,18-15-,23-20-,30-25-,34-21-. The number of carbonyl (C=O) groups is 3. The van der Waals surface area contributed by atoms with Gasteiger partial charge in [-0.3, -0.25) is 14.4 Å². The van der Waals surface area contributed by atoms with Gasteiger partial charge in [0, 0.05) is 19.3 Å². The van der Waals surface area contributed by atoms with Crippen molar-refractivity contribution in [3.63, 3.8) is 0 Å². The second kappa shape index (κ2) is 51.5. The van der Waals surface area contributed by atoms with Gasteiger partial charge < -0.3 is 14.2 Å². The van der Waals surface area contributed by atoms with Crippen molar-refractivity contribution in [1.29, 1.82) is 0 Å². The highest BCUT2D eigenvalue weighted by atomic mass is 16.6. The molecular weight excluding hydrogens is 781 g/mol. The van der Waals surface area contributed by atoms with Crippen LogP contribution in [0.4, 0.5) is 0 Å². The van der Waals surface area contributed by atoms with E-state index >= 15 is 0 Å². The first-order chi connectivity index (χ1) is 31.0. The van der Waals surface area contributed by atoms with E-state index in [-0.39, 0.29) is 31.1 Å². The second-order valence-corrected chi connectivity index (χ2v) is 17.5. The van der Waals surface area contributed by atoms with Gasteiger partial charge in [0.25, 0.3) is 0 Å². The third-order valence-corrected chi connectivity index (χ3v) is 11.3. The zero-order valence-corrected chi connectivity index (χ0v) is 41.3. The predicted molar refractivity (Wildman–Crippen MR) is 270 cm³/mol. The Morgan fingerprint density at radius 1 is 0.333 bits per heavy atom. The van der Waals surface area contributed by atoms with Crippen molar-refractivity contribution < 1.29 is 28.6 Å². The summed E-state index contributed by atoms with van der Waals surface area (Å²) in [6.45, 7) is 6.42. The van der Waals surface area contributed by atoms with Crippen molar-refractivity contribution in [2.75, 3.05) is 13.2 Å². The third-order valence-electron chi connectivity index (χ3n) is 11.3. The molecule has 6 nitrogen and oxygen atoms in total. The van der Waals surface area contributed by atoms with E-state index in [0.717, 1.165) is 96.3 Å². The Hall–Kier alpha value is -3.15. The Kier molecular flexibility index (Phi) is 48.9. The number of rotatable bonds is 47. The molecule has 0 saturated heterocycles. The van der Waals surface area contributed by atoms with Gasteiger partial charge in [0.1, 0.15) is 13.2 Å². The van der Waals surface area contributed by atoms with Gasteiger partial charge in [-0.1, -0.05) is 248 Å². The van der Waals surface area contributed by atoms with Crippen molar-refractivity contribution in [3.05, 3.63) is 72.9 Å². The smallest absolute Gasteiger partial charge is 0.306 e. The lowest BCUT2D eigenvalue weighted by atomic mass is 10.0. The van der Waals surface area contributed by atoms with E-state index < -0.39 is 6.10 Å². The monoisotopic (exact) mass is 879 g/mol. The van der Waals surface area contributed by atoms with Crippen molar-refractivity contribution >= 4 is 17.9 Å². The Labute approximate surface area is 389 Å². The molecule has 0 bridgehead atoms. The maximum atomic E-state index is 12.8. The minimum Gasteiger partial charge on any atom is -0.462 e. The molecule has 6 heteroatoms. The lowest BCUT2D eigenvalue weighted by Gasteiger charge is -2.18. The summed E-state index contributed by atoms with van der Waals surface area (Å²) >= 11 is 0. The number of allylic oxidation sites excluding steroid dienone is 12. The van der Waals surface area contributed by atoms with E-state index in [1.54, 1.807) is 0 Å². The molecule has 0 aromatic heterocycles. The normalized spacial score (nSPS) is 12.6. The molecule has 0 fully saturated rings. The van der Waals surface area contributed by atoms with Crippen molar-refractivity contribution in [2.45, 2.75) is 258 Å². The zero-order valence-electron chi connectivity index (χ0n) is 41.3. The minimum atomic E-state index is -0.796.